The fraction of sp³-hybridized carbons (Fsp3) is 0.500. The van der Waals surface area contributed by atoms with Crippen LogP contribution < -0.4 is 0 Å². The third kappa shape index (κ3) is 2.38. The van der Waals surface area contributed by atoms with E-state index in [4.69, 9.17) is 9.26 Å². The van der Waals surface area contributed by atoms with Gasteiger partial charge < -0.3 is 19.1 Å². The lowest BCUT2D eigenvalue weighted by atomic mass is 9.95. The fourth-order valence-corrected chi connectivity index (χ4v) is 3.51. The van der Waals surface area contributed by atoms with Gasteiger partial charge in [-0.25, -0.2) is 9.78 Å². The molecule has 2 fully saturated rings. The summed E-state index contributed by atoms with van der Waals surface area (Å²) in [5.41, 5.74) is -0.0511. The van der Waals surface area contributed by atoms with Crippen LogP contribution in [0.5, 0.6) is 0 Å². The lowest BCUT2D eigenvalue weighted by Crippen LogP contribution is -2.36. The van der Waals surface area contributed by atoms with Crippen LogP contribution in [0.4, 0.5) is 4.79 Å². The monoisotopic (exact) mass is 330 g/mol. The molecule has 2 aromatic rings. The van der Waals surface area contributed by atoms with Crippen LogP contribution in [-0.2, 0) is 4.74 Å². The van der Waals surface area contributed by atoms with E-state index in [0.29, 0.717) is 37.1 Å². The summed E-state index contributed by atoms with van der Waals surface area (Å²) in [6.07, 6.45) is 3.48. The smallest absolute Gasteiger partial charge is 0.410 e. The minimum absolute atomic E-state index is 0.194. The zero-order valence-corrected chi connectivity index (χ0v) is 13.4. The number of likely N-dealkylation sites (tertiary alicyclic amines) is 1. The number of ether oxygens (including phenoxy) is 1. The average molecular weight is 330 g/mol. The summed E-state index contributed by atoms with van der Waals surface area (Å²) in [4.78, 5) is 31.9. The molecular formula is C16H18N4O4. The molecule has 0 bridgehead atoms. The minimum Gasteiger partial charge on any atom is -0.441 e. The maximum absolute atomic E-state index is 12.8. The third-order valence-corrected chi connectivity index (χ3v) is 4.77. The van der Waals surface area contributed by atoms with E-state index >= 15 is 0 Å². The highest BCUT2D eigenvalue weighted by Gasteiger charge is 2.45. The number of likely N-dealkylation sites (N-methyl/N-ethyl adjacent to an activating group) is 1. The first-order valence-electron chi connectivity index (χ1n) is 8.02. The molecule has 4 rings (SSSR count). The molecule has 1 spiro atoms. The number of pyridine rings is 1. The molecule has 4 heterocycles. The molecule has 1 atom stereocenters. The second kappa shape index (κ2) is 5.47. The van der Waals surface area contributed by atoms with Crippen molar-refractivity contribution in [1.82, 2.24) is 19.9 Å². The Balaban J connectivity index is 1.53. The first-order chi connectivity index (χ1) is 11.6. The Bertz CT molecular complexity index is 804. The van der Waals surface area contributed by atoms with Gasteiger partial charge in [0.1, 0.15) is 5.60 Å². The van der Waals surface area contributed by atoms with Crippen LogP contribution in [0.2, 0.25) is 0 Å². The molecule has 0 saturated carbocycles. The van der Waals surface area contributed by atoms with Gasteiger partial charge in [0.05, 0.1) is 11.9 Å². The molecule has 126 valence electrons. The van der Waals surface area contributed by atoms with E-state index in [-0.39, 0.29) is 17.8 Å². The summed E-state index contributed by atoms with van der Waals surface area (Å²) in [5, 5.41) is 4.46. The standard InChI is InChI=1S/C16H18N4O4/c1-19-10-16(23-15(19)22)5-3-8-20(9-6-16)14(21)12-11-4-2-7-17-13(11)18-24-12/h2,4,7H,3,5-6,8-10H2,1H3. The molecule has 8 heteroatoms. The van der Waals surface area contributed by atoms with E-state index < -0.39 is 5.60 Å². The summed E-state index contributed by atoms with van der Waals surface area (Å²) >= 11 is 0. The van der Waals surface area contributed by atoms with Gasteiger partial charge in [0.25, 0.3) is 5.91 Å². The van der Waals surface area contributed by atoms with Gasteiger partial charge in [0.2, 0.25) is 11.4 Å². The maximum Gasteiger partial charge on any atom is 0.410 e. The summed E-state index contributed by atoms with van der Waals surface area (Å²) in [6.45, 7) is 1.69. The summed E-state index contributed by atoms with van der Waals surface area (Å²) in [5.74, 6) is 0.0230. The molecule has 2 aromatic heterocycles. The van der Waals surface area contributed by atoms with E-state index in [1.54, 1.807) is 35.2 Å². The van der Waals surface area contributed by atoms with Gasteiger partial charge in [-0.1, -0.05) is 5.16 Å². The Labute approximate surface area is 138 Å². The summed E-state index contributed by atoms with van der Waals surface area (Å²) < 4.78 is 10.8. The van der Waals surface area contributed by atoms with E-state index in [9.17, 15) is 9.59 Å². The predicted molar refractivity (Wildman–Crippen MR) is 83.4 cm³/mol. The van der Waals surface area contributed by atoms with Crippen molar-refractivity contribution in [1.29, 1.82) is 0 Å². The van der Waals surface area contributed by atoms with Crippen LogP contribution in [-0.4, -0.2) is 64.2 Å². The largest absolute Gasteiger partial charge is 0.441 e. The van der Waals surface area contributed by atoms with Crippen LogP contribution in [0.25, 0.3) is 11.0 Å². The molecule has 1 unspecified atom stereocenters. The summed E-state index contributed by atoms with van der Waals surface area (Å²) in [7, 11) is 1.73. The van der Waals surface area contributed by atoms with E-state index in [2.05, 4.69) is 10.1 Å². The zero-order valence-electron chi connectivity index (χ0n) is 13.4. The molecule has 2 aliphatic heterocycles. The van der Waals surface area contributed by atoms with Crippen LogP contribution in [0.3, 0.4) is 0 Å². The first-order valence-corrected chi connectivity index (χ1v) is 8.02. The van der Waals surface area contributed by atoms with E-state index in [0.717, 1.165) is 12.8 Å². The number of rotatable bonds is 1. The van der Waals surface area contributed by atoms with Gasteiger partial charge in [-0.15, -0.1) is 0 Å². The van der Waals surface area contributed by atoms with Crippen molar-refractivity contribution >= 4 is 23.0 Å². The molecule has 24 heavy (non-hydrogen) atoms. The molecule has 2 amide bonds. The van der Waals surface area contributed by atoms with E-state index in [1.807, 2.05) is 0 Å². The van der Waals surface area contributed by atoms with Gasteiger partial charge >= 0.3 is 6.09 Å². The molecule has 0 radical (unpaired) electrons. The Morgan fingerprint density at radius 1 is 1.33 bits per heavy atom. The second-order valence-electron chi connectivity index (χ2n) is 6.44. The predicted octanol–water partition coefficient (Wildman–Crippen LogP) is 1.67. The quantitative estimate of drug-likeness (QED) is 0.790. The Kier molecular flexibility index (Phi) is 3.40. The molecule has 8 nitrogen and oxygen atoms in total. The minimum atomic E-state index is -0.480. The second-order valence-corrected chi connectivity index (χ2v) is 6.44. The highest BCUT2D eigenvalue weighted by molar-refractivity contribution is 6.02. The number of nitrogens with zero attached hydrogens (tertiary/aromatic N) is 4. The van der Waals surface area contributed by atoms with E-state index in [1.165, 1.54) is 0 Å². The molecule has 0 N–H and O–H groups in total. The SMILES string of the molecule is CN1CC2(CCCN(C(=O)c3onc4ncccc34)CC2)OC1=O. The average Bonchev–Trinajstić information content (AvgIpc) is 3.04. The topological polar surface area (TPSA) is 88.8 Å². The van der Waals surface area contributed by atoms with Crippen LogP contribution in [0.1, 0.15) is 29.8 Å². The fourth-order valence-electron chi connectivity index (χ4n) is 3.51. The first kappa shape index (κ1) is 14.9. The molecule has 2 saturated heterocycles. The number of carbonyl (C=O) groups excluding carboxylic acids is 2. The Morgan fingerprint density at radius 2 is 2.21 bits per heavy atom. The van der Waals surface area contributed by atoms with Crippen molar-refractivity contribution in [2.24, 2.45) is 0 Å². The van der Waals surface area contributed by atoms with Crippen LogP contribution in [0.15, 0.2) is 22.9 Å². The van der Waals surface area contributed by atoms with Crippen molar-refractivity contribution in [3.63, 3.8) is 0 Å². The van der Waals surface area contributed by atoms with Crippen LogP contribution in [0, 0.1) is 0 Å². The van der Waals surface area contributed by atoms with Gasteiger partial charge in [0, 0.05) is 32.8 Å². The van der Waals surface area contributed by atoms with Gasteiger partial charge in [-0.05, 0) is 25.0 Å². The third-order valence-electron chi connectivity index (χ3n) is 4.77. The lowest BCUT2D eigenvalue weighted by molar-refractivity contribution is 0.0435. The van der Waals surface area contributed by atoms with Gasteiger partial charge in [0.15, 0.2) is 0 Å². The maximum atomic E-state index is 12.8. The number of hydrogen-bond donors (Lipinski definition) is 0. The Morgan fingerprint density at radius 3 is 3.00 bits per heavy atom. The molecular weight excluding hydrogens is 312 g/mol. The highest BCUT2D eigenvalue weighted by atomic mass is 16.6. The van der Waals surface area contributed by atoms with Crippen LogP contribution >= 0.6 is 0 Å². The number of amides is 2. The van der Waals surface area contributed by atoms with Gasteiger partial charge in [-0.3, -0.25) is 4.79 Å². The molecule has 0 aromatic carbocycles. The Hall–Kier alpha value is -2.64. The normalized spacial score (nSPS) is 24.5. The van der Waals surface area contributed by atoms with Crippen molar-refractivity contribution in [2.45, 2.75) is 24.9 Å². The summed E-state index contributed by atoms with van der Waals surface area (Å²) in [6, 6.07) is 3.53. The number of hydrogen-bond acceptors (Lipinski definition) is 6. The number of fused-ring (bicyclic) bond motifs is 1. The molecule has 0 aliphatic carbocycles. The van der Waals surface area contributed by atoms with Gasteiger partial charge in [-0.2, -0.15) is 0 Å². The van der Waals surface area contributed by atoms with Crippen molar-refractivity contribution in [2.75, 3.05) is 26.7 Å². The van der Waals surface area contributed by atoms with Crippen molar-refractivity contribution in [3.8, 4) is 0 Å². The highest BCUT2D eigenvalue weighted by Crippen LogP contribution is 2.33. The number of aromatic nitrogens is 2. The van der Waals surface area contributed by atoms with Crippen molar-refractivity contribution < 1.29 is 18.8 Å². The molecule has 2 aliphatic rings. The number of carbonyl (C=O) groups is 2. The van der Waals surface area contributed by atoms with Crippen molar-refractivity contribution in [3.05, 3.63) is 24.1 Å². The zero-order chi connectivity index (χ0) is 16.7. The lowest BCUT2D eigenvalue weighted by Gasteiger charge is -2.25.